The lowest BCUT2D eigenvalue weighted by Crippen LogP contribution is -2.43. The molecule has 0 aliphatic rings. The van der Waals surface area contributed by atoms with Crippen LogP contribution in [0, 0.1) is 0 Å². The SMILES string of the molecule is N[C@@H](CCC(=O)N[C@@H](CCC(=O)Oc1c(Cl)c(Cl)c(Cl)c(Cl)c1Cl)C(=O)OCc1ccccc1)C(=O)OCc1ccccc1. The molecule has 3 aromatic rings. The summed E-state index contributed by atoms with van der Waals surface area (Å²) < 4.78 is 15.8. The van der Waals surface area contributed by atoms with E-state index in [1.165, 1.54) is 0 Å². The summed E-state index contributed by atoms with van der Waals surface area (Å²) in [7, 11) is 0. The normalized spacial score (nSPS) is 12.1. The van der Waals surface area contributed by atoms with Gasteiger partial charge >= 0.3 is 17.9 Å². The highest BCUT2D eigenvalue weighted by molar-refractivity contribution is 6.55. The van der Waals surface area contributed by atoms with E-state index in [1.54, 1.807) is 36.4 Å². The van der Waals surface area contributed by atoms with Crippen molar-refractivity contribution in [3.05, 3.63) is 96.9 Å². The number of nitrogens with two attached hydrogens (primary N) is 1. The van der Waals surface area contributed by atoms with Crippen LogP contribution in [0.4, 0.5) is 0 Å². The van der Waals surface area contributed by atoms with E-state index in [4.69, 9.17) is 77.9 Å². The van der Waals surface area contributed by atoms with Gasteiger partial charge in [0.25, 0.3) is 0 Å². The number of esters is 3. The van der Waals surface area contributed by atoms with Crippen LogP contribution in [0.1, 0.15) is 36.8 Å². The first-order chi connectivity index (χ1) is 21.0. The molecule has 9 nitrogen and oxygen atoms in total. The lowest BCUT2D eigenvalue weighted by atomic mass is 10.1. The van der Waals surface area contributed by atoms with E-state index in [9.17, 15) is 19.2 Å². The molecule has 234 valence electrons. The van der Waals surface area contributed by atoms with Crippen molar-refractivity contribution in [1.82, 2.24) is 5.32 Å². The van der Waals surface area contributed by atoms with Gasteiger partial charge in [-0.15, -0.1) is 0 Å². The zero-order valence-corrected chi connectivity index (χ0v) is 26.8. The highest BCUT2D eigenvalue weighted by Crippen LogP contribution is 2.48. The highest BCUT2D eigenvalue weighted by atomic mass is 35.5. The predicted molar refractivity (Wildman–Crippen MR) is 168 cm³/mol. The number of benzene rings is 3. The van der Waals surface area contributed by atoms with E-state index in [2.05, 4.69) is 5.32 Å². The van der Waals surface area contributed by atoms with Crippen molar-refractivity contribution in [1.29, 1.82) is 0 Å². The Bertz CT molecular complexity index is 1450. The van der Waals surface area contributed by atoms with Gasteiger partial charge in [-0.05, 0) is 24.0 Å². The van der Waals surface area contributed by atoms with E-state index in [0.717, 1.165) is 5.56 Å². The number of hydrogen-bond acceptors (Lipinski definition) is 8. The fraction of sp³-hybridized carbons (Fsp3) is 0.267. The molecule has 3 N–H and O–H groups in total. The number of nitrogens with one attached hydrogen (secondary N) is 1. The molecule has 0 spiro atoms. The second-order valence-corrected chi connectivity index (χ2v) is 11.3. The highest BCUT2D eigenvalue weighted by Gasteiger charge is 2.27. The van der Waals surface area contributed by atoms with Gasteiger partial charge in [0, 0.05) is 12.8 Å². The summed E-state index contributed by atoms with van der Waals surface area (Å²) in [5.41, 5.74) is 7.40. The number of carbonyl (C=O) groups is 4. The van der Waals surface area contributed by atoms with Crippen LogP contribution in [0.2, 0.25) is 25.1 Å². The Morgan fingerprint density at radius 3 is 1.66 bits per heavy atom. The number of hydrogen-bond donors (Lipinski definition) is 2. The molecule has 0 aliphatic carbocycles. The third-order valence-corrected chi connectivity index (χ3v) is 8.32. The summed E-state index contributed by atoms with van der Waals surface area (Å²) in [6, 6.07) is 15.6. The van der Waals surface area contributed by atoms with Crippen LogP contribution in [0.5, 0.6) is 5.75 Å². The Hall–Kier alpha value is -3.05. The van der Waals surface area contributed by atoms with Crippen molar-refractivity contribution in [2.75, 3.05) is 0 Å². The summed E-state index contributed by atoms with van der Waals surface area (Å²) >= 11 is 30.3. The van der Waals surface area contributed by atoms with Crippen LogP contribution in [-0.2, 0) is 41.9 Å². The van der Waals surface area contributed by atoms with Gasteiger partial charge in [0.15, 0.2) is 5.75 Å². The average Bonchev–Trinajstić information content (AvgIpc) is 3.04. The first-order valence-corrected chi connectivity index (χ1v) is 15.0. The first kappa shape index (κ1) is 35.4. The van der Waals surface area contributed by atoms with Gasteiger partial charge in [-0.25, -0.2) is 4.79 Å². The quantitative estimate of drug-likeness (QED) is 0.0818. The largest absolute Gasteiger partial charge is 0.460 e. The minimum atomic E-state index is -1.25. The molecular formula is C30H27Cl5N2O7. The van der Waals surface area contributed by atoms with Crippen LogP contribution in [0.3, 0.4) is 0 Å². The molecule has 0 saturated carbocycles. The van der Waals surface area contributed by atoms with Crippen molar-refractivity contribution in [2.45, 2.75) is 51.0 Å². The molecule has 2 atom stereocenters. The molecule has 0 aliphatic heterocycles. The van der Waals surface area contributed by atoms with Crippen LogP contribution < -0.4 is 15.8 Å². The second kappa shape index (κ2) is 17.4. The maximum atomic E-state index is 12.9. The standard InChI is InChI=1S/C30H27Cl5N2O7/c31-23-24(32)26(34)28(27(35)25(23)33)44-22(39)14-12-20(30(41)43-16-18-9-5-2-6-10-18)37-21(38)13-11-19(36)29(40)42-15-17-7-3-1-4-8-17/h1-10,19-20H,11-16,36H2,(H,37,38)/t19-,20-/m0/s1. The molecule has 3 aromatic carbocycles. The number of rotatable bonds is 14. The average molecular weight is 705 g/mol. The number of halogens is 5. The number of amides is 1. The molecule has 0 heterocycles. The lowest BCUT2D eigenvalue weighted by Gasteiger charge is -2.18. The number of ether oxygens (including phenoxy) is 3. The van der Waals surface area contributed by atoms with Crippen LogP contribution in [-0.4, -0.2) is 35.9 Å². The fourth-order valence-corrected chi connectivity index (χ4v) is 4.88. The Labute approximate surface area is 278 Å². The monoisotopic (exact) mass is 702 g/mol. The molecule has 44 heavy (non-hydrogen) atoms. The van der Waals surface area contributed by atoms with Gasteiger partial charge in [0.1, 0.15) is 35.3 Å². The molecule has 1 amide bonds. The molecule has 0 aromatic heterocycles. The fourth-order valence-electron chi connectivity index (χ4n) is 3.69. The molecule has 0 fully saturated rings. The Morgan fingerprint density at radius 2 is 1.14 bits per heavy atom. The maximum Gasteiger partial charge on any atom is 0.328 e. The van der Waals surface area contributed by atoms with E-state index >= 15 is 0 Å². The topological polar surface area (TPSA) is 134 Å². The van der Waals surface area contributed by atoms with E-state index in [-0.39, 0.29) is 69.8 Å². The molecule has 3 rings (SSSR count). The molecule has 0 saturated heterocycles. The second-order valence-electron chi connectivity index (χ2n) is 9.36. The zero-order valence-electron chi connectivity index (χ0n) is 23.0. The van der Waals surface area contributed by atoms with E-state index in [1.807, 2.05) is 24.3 Å². The Morgan fingerprint density at radius 1 is 0.659 bits per heavy atom. The van der Waals surface area contributed by atoms with Crippen LogP contribution in [0.25, 0.3) is 0 Å². The molecular weight excluding hydrogens is 678 g/mol. The van der Waals surface area contributed by atoms with Crippen LogP contribution >= 0.6 is 58.0 Å². The Kier molecular flexibility index (Phi) is 14.0. The summed E-state index contributed by atoms with van der Waals surface area (Å²) in [6.07, 6.45) is -0.848. The minimum Gasteiger partial charge on any atom is -0.460 e. The zero-order chi connectivity index (χ0) is 32.2. The van der Waals surface area contributed by atoms with Gasteiger partial charge in [-0.1, -0.05) is 119 Å². The van der Waals surface area contributed by atoms with E-state index < -0.39 is 35.9 Å². The molecule has 0 unspecified atom stereocenters. The summed E-state index contributed by atoms with van der Waals surface area (Å²) in [5.74, 6) is -3.24. The Balaban J connectivity index is 1.59. The van der Waals surface area contributed by atoms with Crippen molar-refractivity contribution in [2.24, 2.45) is 5.73 Å². The summed E-state index contributed by atoms with van der Waals surface area (Å²) in [4.78, 5) is 50.6. The van der Waals surface area contributed by atoms with Gasteiger partial charge in [-0.3, -0.25) is 14.4 Å². The molecule has 14 heteroatoms. The van der Waals surface area contributed by atoms with Crippen molar-refractivity contribution < 1.29 is 33.4 Å². The van der Waals surface area contributed by atoms with Crippen molar-refractivity contribution in [3.63, 3.8) is 0 Å². The number of carbonyl (C=O) groups excluding carboxylic acids is 4. The van der Waals surface area contributed by atoms with Crippen molar-refractivity contribution >= 4 is 81.8 Å². The van der Waals surface area contributed by atoms with E-state index in [0.29, 0.717) is 5.56 Å². The van der Waals surface area contributed by atoms with Gasteiger partial charge < -0.3 is 25.3 Å². The summed E-state index contributed by atoms with van der Waals surface area (Å²) in [6.45, 7) is -0.0303. The maximum absolute atomic E-state index is 12.9. The minimum absolute atomic E-state index is 0.0376. The van der Waals surface area contributed by atoms with Crippen molar-refractivity contribution in [3.8, 4) is 5.75 Å². The third kappa shape index (κ3) is 10.5. The molecule has 0 radical (unpaired) electrons. The smallest absolute Gasteiger partial charge is 0.328 e. The predicted octanol–water partition coefficient (Wildman–Crippen LogP) is 6.72. The van der Waals surface area contributed by atoms with Gasteiger partial charge in [0.2, 0.25) is 5.91 Å². The summed E-state index contributed by atoms with van der Waals surface area (Å²) in [5, 5.41) is 1.63. The molecule has 0 bridgehead atoms. The first-order valence-electron chi connectivity index (χ1n) is 13.2. The third-order valence-electron chi connectivity index (χ3n) is 6.08. The van der Waals surface area contributed by atoms with Crippen LogP contribution in [0.15, 0.2) is 60.7 Å². The van der Waals surface area contributed by atoms with Gasteiger partial charge in [0.05, 0.1) is 15.1 Å². The van der Waals surface area contributed by atoms with Gasteiger partial charge in [-0.2, -0.15) is 0 Å². The lowest BCUT2D eigenvalue weighted by molar-refractivity contribution is -0.150.